The van der Waals surface area contributed by atoms with Gasteiger partial charge in [-0.1, -0.05) is 19.1 Å². The molecule has 3 rings (SSSR count). The van der Waals surface area contributed by atoms with E-state index in [-0.39, 0.29) is 11.3 Å². The van der Waals surface area contributed by atoms with Gasteiger partial charge >= 0.3 is 0 Å². The summed E-state index contributed by atoms with van der Waals surface area (Å²) in [5, 5.41) is 8.88. The summed E-state index contributed by atoms with van der Waals surface area (Å²) < 4.78 is 5.53. The molecule has 1 aliphatic heterocycles. The van der Waals surface area contributed by atoms with Crippen molar-refractivity contribution in [2.24, 2.45) is 5.92 Å². The van der Waals surface area contributed by atoms with E-state index in [1.165, 1.54) is 0 Å². The van der Waals surface area contributed by atoms with Crippen LogP contribution >= 0.6 is 0 Å². The number of hydrogen-bond acceptors (Lipinski definition) is 3. The number of hydrogen-bond donors (Lipinski definition) is 0. The summed E-state index contributed by atoms with van der Waals surface area (Å²) in [6.07, 6.45) is 1.81. The first kappa shape index (κ1) is 14.1. The normalized spacial score (nSPS) is 24.0. The van der Waals surface area contributed by atoms with Crippen LogP contribution in [-0.2, 0) is 14.9 Å². The summed E-state index contributed by atoms with van der Waals surface area (Å²) in [6.45, 7) is 4.93. The van der Waals surface area contributed by atoms with Crippen LogP contribution in [0.3, 0.4) is 0 Å². The van der Waals surface area contributed by atoms with E-state index in [1.807, 2.05) is 17.0 Å². The molecule has 0 N–H and O–H groups in total. The summed E-state index contributed by atoms with van der Waals surface area (Å²) >= 11 is 0. The molecule has 1 atom stereocenters. The molecular weight excluding hydrogens is 264 g/mol. The van der Waals surface area contributed by atoms with E-state index >= 15 is 0 Å². The molecule has 110 valence electrons. The van der Waals surface area contributed by atoms with Crippen LogP contribution in [0.5, 0.6) is 0 Å². The highest BCUT2D eigenvalue weighted by Gasteiger charge is 2.53. The molecule has 4 nitrogen and oxygen atoms in total. The minimum atomic E-state index is -0.349. The van der Waals surface area contributed by atoms with Crippen LogP contribution in [0.1, 0.15) is 30.9 Å². The van der Waals surface area contributed by atoms with Gasteiger partial charge in [0.1, 0.15) is 0 Å². The van der Waals surface area contributed by atoms with E-state index in [0.717, 1.165) is 31.6 Å². The van der Waals surface area contributed by atoms with E-state index in [4.69, 9.17) is 10.00 Å². The Bertz CT molecular complexity index is 569. The number of carbonyl (C=O) groups is 1. The predicted molar refractivity (Wildman–Crippen MR) is 78.6 cm³/mol. The van der Waals surface area contributed by atoms with Crippen molar-refractivity contribution in [3.8, 4) is 6.07 Å². The van der Waals surface area contributed by atoms with Crippen molar-refractivity contribution in [3.63, 3.8) is 0 Å². The second kappa shape index (κ2) is 5.50. The van der Waals surface area contributed by atoms with Crippen LogP contribution in [0, 0.1) is 17.2 Å². The number of carbonyl (C=O) groups excluding carboxylic acids is 1. The average molecular weight is 284 g/mol. The molecule has 21 heavy (non-hydrogen) atoms. The van der Waals surface area contributed by atoms with Gasteiger partial charge in [0, 0.05) is 13.1 Å². The Morgan fingerprint density at radius 3 is 2.71 bits per heavy atom. The third kappa shape index (κ3) is 2.66. The minimum absolute atomic E-state index is 0.226. The van der Waals surface area contributed by atoms with Crippen LogP contribution in [0.15, 0.2) is 24.3 Å². The van der Waals surface area contributed by atoms with Crippen molar-refractivity contribution in [1.82, 2.24) is 4.90 Å². The van der Waals surface area contributed by atoms with Gasteiger partial charge in [-0.05, 0) is 36.5 Å². The topological polar surface area (TPSA) is 53.3 Å². The number of nitriles is 1. The van der Waals surface area contributed by atoms with E-state index in [9.17, 15) is 4.79 Å². The monoisotopic (exact) mass is 284 g/mol. The molecule has 0 bridgehead atoms. The van der Waals surface area contributed by atoms with Gasteiger partial charge in [0.2, 0.25) is 5.91 Å². The molecule has 1 amide bonds. The Morgan fingerprint density at radius 1 is 1.38 bits per heavy atom. The Balaban J connectivity index is 1.80. The highest BCUT2D eigenvalue weighted by atomic mass is 16.5. The molecule has 2 aliphatic rings. The van der Waals surface area contributed by atoms with Gasteiger partial charge in [-0.2, -0.15) is 5.26 Å². The molecule has 0 spiro atoms. The van der Waals surface area contributed by atoms with E-state index in [0.29, 0.717) is 24.6 Å². The highest BCUT2D eigenvalue weighted by molar-refractivity contribution is 5.91. The summed E-state index contributed by atoms with van der Waals surface area (Å²) in [6, 6.07) is 9.59. The van der Waals surface area contributed by atoms with Gasteiger partial charge in [-0.25, -0.2) is 0 Å². The third-order valence-corrected chi connectivity index (χ3v) is 4.45. The Hall–Kier alpha value is -1.86. The Morgan fingerprint density at radius 2 is 2.10 bits per heavy atom. The predicted octanol–water partition coefficient (Wildman–Crippen LogP) is 2.08. The second-order valence-electron chi connectivity index (χ2n) is 6.20. The van der Waals surface area contributed by atoms with Crippen LogP contribution in [0.25, 0.3) is 0 Å². The highest BCUT2D eigenvalue weighted by Crippen LogP contribution is 2.49. The maximum atomic E-state index is 12.9. The van der Waals surface area contributed by atoms with Crippen molar-refractivity contribution in [2.75, 3.05) is 26.3 Å². The lowest BCUT2D eigenvalue weighted by Crippen LogP contribution is -2.42. The van der Waals surface area contributed by atoms with Crippen molar-refractivity contribution in [2.45, 2.75) is 25.2 Å². The standard InChI is InChI=1S/C17H20N2O2/c1-13-11-19(8-9-21-12-13)16(20)17(6-7-17)15-4-2-14(10-18)3-5-15/h2-5,13H,6-9,11-12H2,1H3. The number of amides is 1. The van der Waals surface area contributed by atoms with Gasteiger partial charge in [0.25, 0.3) is 0 Å². The minimum Gasteiger partial charge on any atom is -0.379 e. The fourth-order valence-corrected chi connectivity index (χ4v) is 3.08. The quantitative estimate of drug-likeness (QED) is 0.835. The van der Waals surface area contributed by atoms with Crippen molar-refractivity contribution in [3.05, 3.63) is 35.4 Å². The number of rotatable bonds is 2. The summed E-state index contributed by atoms with van der Waals surface area (Å²) in [4.78, 5) is 14.9. The lowest BCUT2D eigenvalue weighted by Gasteiger charge is -2.27. The summed E-state index contributed by atoms with van der Waals surface area (Å²) in [7, 11) is 0. The molecule has 1 aromatic rings. The number of ether oxygens (including phenoxy) is 1. The third-order valence-electron chi connectivity index (χ3n) is 4.45. The smallest absolute Gasteiger partial charge is 0.233 e. The molecule has 2 fully saturated rings. The molecule has 1 heterocycles. The van der Waals surface area contributed by atoms with Crippen LogP contribution < -0.4 is 0 Å². The van der Waals surface area contributed by atoms with E-state index in [1.54, 1.807) is 12.1 Å². The number of benzene rings is 1. The molecule has 4 heteroatoms. The first-order valence-corrected chi connectivity index (χ1v) is 7.53. The lowest BCUT2D eigenvalue weighted by atomic mass is 9.93. The molecule has 0 aromatic heterocycles. The lowest BCUT2D eigenvalue weighted by molar-refractivity contribution is -0.134. The van der Waals surface area contributed by atoms with Gasteiger partial charge < -0.3 is 9.64 Å². The second-order valence-corrected chi connectivity index (χ2v) is 6.20. The molecule has 1 aromatic carbocycles. The summed E-state index contributed by atoms with van der Waals surface area (Å²) in [5.74, 6) is 0.609. The van der Waals surface area contributed by atoms with Crippen LogP contribution in [0.2, 0.25) is 0 Å². The SMILES string of the molecule is CC1COCCN(C(=O)C2(c3ccc(C#N)cc3)CC2)C1. The van der Waals surface area contributed by atoms with Gasteiger partial charge in [-0.15, -0.1) is 0 Å². The molecule has 1 aliphatic carbocycles. The molecule has 1 unspecified atom stereocenters. The maximum Gasteiger partial charge on any atom is 0.233 e. The zero-order chi connectivity index (χ0) is 14.9. The fraction of sp³-hybridized carbons (Fsp3) is 0.529. The Labute approximate surface area is 125 Å². The van der Waals surface area contributed by atoms with Crippen molar-refractivity contribution < 1.29 is 9.53 Å². The Kier molecular flexibility index (Phi) is 3.69. The summed E-state index contributed by atoms with van der Waals surface area (Å²) in [5.41, 5.74) is 1.33. The first-order chi connectivity index (χ1) is 10.2. The van der Waals surface area contributed by atoms with Gasteiger partial charge in [-0.3, -0.25) is 4.79 Å². The molecular formula is C17H20N2O2. The van der Waals surface area contributed by atoms with Crippen LogP contribution in [0.4, 0.5) is 0 Å². The first-order valence-electron chi connectivity index (χ1n) is 7.53. The molecule has 1 saturated carbocycles. The van der Waals surface area contributed by atoms with Crippen LogP contribution in [-0.4, -0.2) is 37.1 Å². The van der Waals surface area contributed by atoms with E-state index in [2.05, 4.69) is 13.0 Å². The number of nitrogens with zero attached hydrogens (tertiary/aromatic N) is 2. The fourth-order valence-electron chi connectivity index (χ4n) is 3.08. The maximum absolute atomic E-state index is 12.9. The average Bonchev–Trinajstić information content (AvgIpc) is 3.32. The zero-order valence-electron chi connectivity index (χ0n) is 12.3. The van der Waals surface area contributed by atoms with E-state index < -0.39 is 0 Å². The van der Waals surface area contributed by atoms with Gasteiger partial charge in [0.15, 0.2) is 0 Å². The molecule has 1 saturated heterocycles. The van der Waals surface area contributed by atoms with Gasteiger partial charge in [0.05, 0.1) is 30.3 Å². The molecule has 0 radical (unpaired) electrons. The van der Waals surface area contributed by atoms with Crippen molar-refractivity contribution in [1.29, 1.82) is 5.26 Å². The largest absolute Gasteiger partial charge is 0.379 e. The zero-order valence-corrected chi connectivity index (χ0v) is 12.3. The van der Waals surface area contributed by atoms with Crippen molar-refractivity contribution >= 4 is 5.91 Å².